The first-order valence-corrected chi connectivity index (χ1v) is 14.6. The lowest BCUT2D eigenvalue weighted by molar-refractivity contribution is -0.139. The number of anilines is 1. The normalized spacial score (nSPS) is 11.9. The highest BCUT2D eigenvalue weighted by atomic mass is 35.5. The number of ketones is 1. The predicted octanol–water partition coefficient (Wildman–Crippen LogP) is 4.35. The maximum atomic E-state index is 13.9. The summed E-state index contributed by atoms with van der Waals surface area (Å²) in [5, 5.41) is 3.22. The minimum absolute atomic E-state index is 0.0360. The first-order valence-electron chi connectivity index (χ1n) is 12.0. The van der Waals surface area contributed by atoms with E-state index in [4.69, 9.17) is 23.2 Å². The number of rotatable bonds is 11. The molecule has 2 amide bonds. The van der Waals surface area contributed by atoms with Crippen LogP contribution in [0.3, 0.4) is 0 Å². The molecule has 0 heterocycles. The van der Waals surface area contributed by atoms with E-state index in [2.05, 4.69) is 5.32 Å². The molecule has 0 spiro atoms. The van der Waals surface area contributed by atoms with Crippen LogP contribution in [0.1, 0.15) is 28.4 Å². The molecule has 0 unspecified atom stereocenters. The van der Waals surface area contributed by atoms with Crippen LogP contribution in [-0.4, -0.2) is 56.8 Å². The molecule has 39 heavy (non-hydrogen) atoms. The Labute approximate surface area is 238 Å². The molecule has 1 atom stereocenters. The Hall–Kier alpha value is -3.40. The van der Waals surface area contributed by atoms with E-state index in [1.807, 2.05) is 30.3 Å². The topological polar surface area (TPSA) is 104 Å². The molecule has 0 fully saturated rings. The number of Topliss-reactive ketones (excluding diaryl/α,β-unsaturated/α-hetero) is 1. The van der Waals surface area contributed by atoms with E-state index in [0.29, 0.717) is 16.1 Å². The van der Waals surface area contributed by atoms with E-state index in [-0.39, 0.29) is 29.5 Å². The lowest BCUT2D eigenvalue weighted by Gasteiger charge is -2.33. The summed E-state index contributed by atoms with van der Waals surface area (Å²) in [6, 6.07) is 19.1. The Kier molecular flexibility index (Phi) is 10.1. The smallest absolute Gasteiger partial charge is 0.244 e. The molecule has 3 aromatic rings. The molecule has 8 nitrogen and oxygen atoms in total. The average molecular weight is 591 g/mol. The Balaban J connectivity index is 2.06. The van der Waals surface area contributed by atoms with Crippen molar-refractivity contribution in [2.24, 2.45) is 0 Å². The van der Waals surface area contributed by atoms with E-state index in [0.717, 1.165) is 16.1 Å². The molecular formula is C28H29Cl2N3O5S. The molecule has 3 rings (SSSR count). The molecule has 0 saturated heterocycles. The highest BCUT2D eigenvalue weighted by Crippen LogP contribution is 2.25. The standard InChI is InChI=1S/C28H29Cl2N3O5S/c1-19(34)22-10-7-11-23(16-22)33(39(3,37)38)18-27(35)32(17-21-12-13-24(29)25(30)14-21)26(28(36)31-2)15-20-8-5-4-6-9-20/h4-14,16,26H,15,17-18H2,1-3H3,(H,31,36)/t26-/m0/s1. The molecule has 0 aliphatic heterocycles. The number of carbonyl (C=O) groups excluding carboxylic acids is 3. The second-order valence-electron chi connectivity index (χ2n) is 8.97. The number of carbonyl (C=O) groups is 3. The van der Waals surface area contributed by atoms with Crippen molar-refractivity contribution in [1.82, 2.24) is 10.2 Å². The Bertz CT molecular complexity index is 1470. The first-order chi connectivity index (χ1) is 18.4. The minimum Gasteiger partial charge on any atom is -0.357 e. The van der Waals surface area contributed by atoms with E-state index in [1.54, 1.807) is 30.3 Å². The number of likely N-dealkylation sites (N-methyl/N-ethyl adjacent to an activating group) is 1. The molecule has 0 bridgehead atoms. The van der Waals surface area contributed by atoms with E-state index < -0.39 is 34.4 Å². The van der Waals surface area contributed by atoms with Gasteiger partial charge in [-0.15, -0.1) is 0 Å². The lowest BCUT2D eigenvalue weighted by Crippen LogP contribution is -2.52. The van der Waals surface area contributed by atoms with Crippen LogP contribution >= 0.6 is 23.2 Å². The molecule has 0 aromatic heterocycles. The highest BCUT2D eigenvalue weighted by molar-refractivity contribution is 7.92. The van der Waals surface area contributed by atoms with Gasteiger partial charge in [0, 0.05) is 25.6 Å². The monoisotopic (exact) mass is 589 g/mol. The van der Waals surface area contributed by atoms with Crippen molar-refractivity contribution < 1.29 is 22.8 Å². The average Bonchev–Trinajstić information content (AvgIpc) is 2.90. The van der Waals surface area contributed by atoms with Gasteiger partial charge in [-0.05, 0) is 42.3 Å². The van der Waals surface area contributed by atoms with Gasteiger partial charge < -0.3 is 10.2 Å². The Morgan fingerprint density at radius 3 is 2.18 bits per heavy atom. The zero-order valence-corrected chi connectivity index (χ0v) is 24.1. The van der Waals surface area contributed by atoms with Crippen molar-refractivity contribution in [3.05, 3.63) is 99.5 Å². The summed E-state index contributed by atoms with van der Waals surface area (Å²) in [7, 11) is -2.48. The lowest BCUT2D eigenvalue weighted by atomic mass is 10.0. The number of nitrogens with one attached hydrogen (secondary N) is 1. The summed E-state index contributed by atoms with van der Waals surface area (Å²) in [4.78, 5) is 40.3. The number of nitrogens with zero attached hydrogens (tertiary/aromatic N) is 2. The van der Waals surface area contributed by atoms with Crippen LogP contribution < -0.4 is 9.62 Å². The van der Waals surface area contributed by atoms with Gasteiger partial charge in [-0.3, -0.25) is 18.7 Å². The number of hydrogen-bond donors (Lipinski definition) is 1. The van der Waals surface area contributed by atoms with Crippen LogP contribution in [0.15, 0.2) is 72.8 Å². The third-order valence-electron chi connectivity index (χ3n) is 6.07. The summed E-state index contributed by atoms with van der Waals surface area (Å²) >= 11 is 12.3. The summed E-state index contributed by atoms with van der Waals surface area (Å²) < 4.78 is 26.6. The van der Waals surface area contributed by atoms with Gasteiger partial charge in [-0.2, -0.15) is 0 Å². The first kappa shape index (κ1) is 30.1. The maximum absolute atomic E-state index is 13.9. The van der Waals surface area contributed by atoms with Gasteiger partial charge in [0.15, 0.2) is 5.78 Å². The number of benzene rings is 3. The van der Waals surface area contributed by atoms with Crippen molar-refractivity contribution in [3.8, 4) is 0 Å². The zero-order valence-electron chi connectivity index (χ0n) is 21.7. The number of sulfonamides is 1. The van der Waals surface area contributed by atoms with Crippen LogP contribution in [0.5, 0.6) is 0 Å². The summed E-state index contributed by atoms with van der Waals surface area (Å²) in [5.74, 6) is -1.29. The molecule has 1 N–H and O–H groups in total. The summed E-state index contributed by atoms with van der Waals surface area (Å²) in [5.41, 5.74) is 1.87. The molecule has 11 heteroatoms. The van der Waals surface area contributed by atoms with Crippen LogP contribution in [0, 0.1) is 0 Å². The second-order valence-corrected chi connectivity index (χ2v) is 11.7. The van der Waals surface area contributed by atoms with Gasteiger partial charge in [0.1, 0.15) is 12.6 Å². The van der Waals surface area contributed by atoms with Crippen molar-refractivity contribution >= 4 is 56.5 Å². The quantitative estimate of drug-likeness (QED) is 0.335. The van der Waals surface area contributed by atoms with Crippen molar-refractivity contribution in [2.75, 3.05) is 24.2 Å². The number of halogens is 2. The van der Waals surface area contributed by atoms with E-state index in [1.165, 1.54) is 31.0 Å². The van der Waals surface area contributed by atoms with Crippen molar-refractivity contribution in [3.63, 3.8) is 0 Å². The van der Waals surface area contributed by atoms with E-state index in [9.17, 15) is 22.8 Å². The number of hydrogen-bond acceptors (Lipinski definition) is 5. The van der Waals surface area contributed by atoms with Crippen LogP contribution in [0.4, 0.5) is 5.69 Å². The number of amides is 2. The van der Waals surface area contributed by atoms with Gasteiger partial charge in [-0.25, -0.2) is 8.42 Å². The highest BCUT2D eigenvalue weighted by Gasteiger charge is 2.32. The molecule has 0 saturated carbocycles. The third kappa shape index (κ3) is 8.05. The largest absolute Gasteiger partial charge is 0.357 e. The second kappa shape index (κ2) is 13.1. The van der Waals surface area contributed by atoms with Gasteiger partial charge >= 0.3 is 0 Å². The third-order valence-corrected chi connectivity index (χ3v) is 7.95. The van der Waals surface area contributed by atoms with Gasteiger partial charge in [0.25, 0.3) is 0 Å². The van der Waals surface area contributed by atoms with Crippen molar-refractivity contribution in [2.45, 2.75) is 25.9 Å². The molecule has 0 radical (unpaired) electrons. The molecule has 0 aliphatic rings. The van der Waals surface area contributed by atoms with Gasteiger partial charge in [-0.1, -0.05) is 71.7 Å². The van der Waals surface area contributed by atoms with Crippen LogP contribution in [0.25, 0.3) is 0 Å². The molecular weight excluding hydrogens is 561 g/mol. The predicted molar refractivity (Wildman–Crippen MR) is 154 cm³/mol. The van der Waals surface area contributed by atoms with Gasteiger partial charge in [0.2, 0.25) is 21.8 Å². The zero-order chi connectivity index (χ0) is 28.7. The fourth-order valence-electron chi connectivity index (χ4n) is 4.05. The maximum Gasteiger partial charge on any atom is 0.244 e. The molecule has 206 valence electrons. The Morgan fingerprint density at radius 1 is 0.897 bits per heavy atom. The SMILES string of the molecule is CNC(=O)[C@H](Cc1ccccc1)N(Cc1ccc(Cl)c(Cl)c1)C(=O)CN(c1cccc(C(C)=O)c1)S(C)(=O)=O. The van der Waals surface area contributed by atoms with Crippen LogP contribution in [0.2, 0.25) is 10.0 Å². The van der Waals surface area contributed by atoms with Gasteiger partial charge in [0.05, 0.1) is 22.0 Å². The molecule has 0 aliphatic carbocycles. The fourth-order valence-corrected chi connectivity index (χ4v) is 5.21. The Morgan fingerprint density at radius 2 is 1.59 bits per heavy atom. The van der Waals surface area contributed by atoms with E-state index >= 15 is 0 Å². The fraction of sp³-hybridized carbons (Fsp3) is 0.250. The van der Waals surface area contributed by atoms with Crippen LogP contribution in [-0.2, 0) is 32.6 Å². The summed E-state index contributed by atoms with van der Waals surface area (Å²) in [6.07, 6.45) is 1.16. The van der Waals surface area contributed by atoms with Crippen molar-refractivity contribution in [1.29, 1.82) is 0 Å². The summed E-state index contributed by atoms with van der Waals surface area (Å²) in [6.45, 7) is 0.737. The minimum atomic E-state index is -3.95. The molecule has 3 aromatic carbocycles.